The Morgan fingerprint density at radius 3 is 2.59 bits per heavy atom. The van der Waals surface area contributed by atoms with Gasteiger partial charge in [0, 0.05) is 24.8 Å². The van der Waals surface area contributed by atoms with Crippen molar-refractivity contribution < 1.29 is 19.2 Å². The number of benzene rings is 2. The van der Waals surface area contributed by atoms with Gasteiger partial charge in [-0.1, -0.05) is 17.7 Å². The van der Waals surface area contributed by atoms with E-state index < -0.39 is 4.92 Å². The number of morpholine rings is 1. The first-order valence-corrected chi connectivity index (χ1v) is 8.63. The van der Waals surface area contributed by atoms with Crippen LogP contribution in [0, 0.1) is 17.0 Å². The summed E-state index contributed by atoms with van der Waals surface area (Å²) in [5.74, 6) is 0.202. The molecule has 2 aromatic carbocycles. The van der Waals surface area contributed by atoms with E-state index in [4.69, 9.17) is 9.47 Å². The van der Waals surface area contributed by atoms with Gasteiger partial charge in [0.2, 0.25) is 0 Å². The Labute approximate surface area is 156 Å². The van der Waals surface area contributed by atoms with E-state index in [-0.39, 0.29) is 18.2 Å². The number of nitrogens with one attached hydrogen (secondary N) is 1. The molecular weight excluding hydrogens is 350 g/mol. The van der Waals surface area contributed by atoms with Crippen molar-refractivity contribution >= 4 is 23.0 Å². The molecule has 1 saturated heterocycles. The van der Waals surface area contributed by atoms with Gasteiger partial charge in [-0.2, -0.15) is 0 Å². The van der Waals surface area contributed by atoms with Crippen molar-refractivity contribution in [2.75, 3.05) is 43.1 Å². The fourth-order valence-electron chi connectivity index (χ4n) is 2.80. The van der Waals surface area contributed by atoms with Crippen molar-refractivity contribution in [2.24, 2.45) is 0 Å². The average molecular weight is 371 g/mol. The van der Waals surface area contributed by atoms with Gasteiger partial charge in [-0.25, -0.2) is 0 Å². The number of ether oxygens (including phenoxy) is 2. The summed E-state index contributed by atoms with van der Waals surface area (Å²) >= 11 is 0. The number of anilines is 2. The van der Waals surface area contributed by atoms with Gasteiger partial charge in [0.15, 0.2) is 6.61 Å². The van der Waals surface area contributed by atoms with Crippen LogP contribution in [0.5, 0.6) is 5.75 Å². The number of nitro groups is 1. The smallest absolute Gasteiger partial charge is 0.294 e. The van der Waals surface area contributed by atoms with Gasteiger partial charge in [0.05, 0.1) is 18.1 Å². The van der Waals surface area contributed by atoms with Gasteiger partial charge in [-0.3, -0.25) is 14.9 Å². The van der Waals surface area contributed by atoms with E-state index >= 15 is 0 Å². The van der Waals surface area contributed by atoms with Crippen molar-refractivity contribution in [1.29, 1.82) is 0 Å². The second-order valence-corrected chi connectivity index (χ2v) is 6.21. The van der Waals surface area contributed by atoms with Crippen LogP contribution in [-0.2, 0) is 9.53 Å². The van der Waals surface area contributed by atoms with Crippen LogP contribution in [0.15, 0.2) is 42.5 Å². The van der Waals surface area contributed by atoms with Crippen LogP contribution in [0.3, 0.4) is 0 Å². The maximum absolute atomic E-state index is 12.1. The molecule has 0 aliphatic carbocycles. The largest absolute Gasteiger partial charge is 0.484 e. The Kier molecular flexibility index (Phi) is 5.87. The lowest BCUT2D eigenvalue weighted by Gasteiger charge is -2.28. The Morgan fingerprint density at radius 2 is 1.93 bits per heavy atom. The van der Waals surface area contributed by atoms with E-state index in [9.17, 15) is 14.9 Å². The summed E-state index contributed by atoms with van der Waals surface area (Å²) in [6, 6.07) is 12.0. The lowest BCUT2D eigenvalue weighted by Crippen LogP contribution is -2.36. The van der Waals surface area contributed by atoms with Crippen molar-refractivity contribution in [3.8, 4) is 5.75 Å². The Balaban J connectivity index is 1.65. The van der Waals surface area contributed by atoms with Gasteiger partial charge >= 0.3 is 0 Å². The van der Waals surface area contributed by atoms with Crippen LogP contribution in [-0.4, -0.2) is 43.7 Å². The molecule has 0 bridgehead atoms. The summed E-state index contributed by atoms with van der Waals surface area (Å²) in [5, 5.41) is 14.1. The summed E-state index contributed by atoms with van der Waals surface area (Å²) in [5.41, 5.74) is 1.93. The van der Waals surface area contributed by atoms with Gasteiger partial charge in [-0.15, -0.1) is 0 Å². The third-order valence-corrected chi connectivity index (χ3v) is 4.20. The van der Waals surface area contributed by atoms with Gasteiger partial charge in [-0.05, 0) is 31.2 Å². The molecule has 8 nitrogen and oxygen atoms in total. The summed E-state index contributed by atoms with van der Waals surface area (Å²) in [4.78, 5) is 25.0. The van der Waals surface area contributed by atoms with Crippen molar-refractivity contribution in [2.45, 2.75) is 6.92 Å². The number of amides is 1. The highest BCUT2D eigenvalue weighted by Gasteiger charge is 2.22. The van der Waals surface area contributed by atoms with Crippen LogP contribution in [0.1, 0.15) is 5.56 Å². The van der Waals surface area contributed by atoms with Crippen LogP contribution in [0.25, 0.3) is 0 Å². The molecule has 1 fully saturated rings. The molecule has 1 aliphatic heterocycles. The molecule has 1 amide bonds. The van der Waals surface area contributed by atoms with E-state index in [0.717, 1.165) is 5.56 Å². The molecule has 142 valence electrons. The quantitative estimate of drug-likeness (QED) is 0.620. The first-order chi connectivity index (χ1) is 13.0. The van der Waals surface area contributed by atoms with Crippen molar-refractivity contribution in [3.05, 3.63) is 58.1 Å². The Morgan fingerprint density at radius 1 is 1.22 bits per heavy atom. The van der Waals surface area contributed by atoms with E-state index in [1.807, 2.05) is 24.0 Å². The first kappa shape index (κ1) is 18.7. The fourth-order valence-corrected chi connectivity index (χ4v) is 2.80. The molecule has 1 aliphatic rings. The molecule has 0 spiro atoms. The fraction of sp³-hybridized carbons (Fsp3) is 0.316. The second kappa shape index (κ2) is 8.50. The second-order valence-electron chi connectivity index (χ2n) is 6.21. The molecule has 0 radical (unpaired) electrons. The summed E-state index contributed by atoms with van der Waals surface area (Å²) in [6.07, 6.45) is 0. The number of hydrogen-bond donors (Lipinski definition) is 1. The molecule has 2 aromatic rings. The highest BCUT2D eigenvalue weighted by Crippen LogP contribution is 2.31. The molecule has 1 heterocycles. The van der Waals surface area contributed by atoms with Crippen molar-refractivity contribution in [1.82, 2.24) is 0 Å². The zero-order chi connectivity index (χ0) is 19.2. The predicted octanol–water partition coefficient (Wildman–Crippen LogP) is 2.76. The molecular formula is C19H21N3O5. The zero-order valence-electron chi connectivity index (χ0n) is 15.0. The standard InChI is InChI=1S/C19H21N3O5/c1-14-2-5-16(6-3-14)27-13-19(23)20-15-4-7-17(18(12-15)22(24)25)21-8-10-26-11-9-21/h2-7,12H,8-11,13H2,1H3,(H,20,23). The summed E-state index contributed by atoms with van der Waals surface area (Å²) in [7, 11) is 0. The van der Waals surface area contributed by atoms with Crippen LogP contribution in [0.2, 0.25) is 0 Å². The van der Waals surface area contributed by atoms with Crippen LogP contribution < -0.4 is 15.0 Å². The third kappa shape index (κ3) is 4.95. The summed E-state index contributed by atoms with van der Waals surface area (Å²) in [6.45, 7) is 4.04. The van der Waals surface area contributed by atoms with E-state index in [1.54, 1.807) is 24.3 Å². The number of nitro benzene ring substituents is 1. The maximum atomic E-state index is 12.1. The van der Waals surface area contributed by atoms with Gasteiger partial charge < -0.3 is 19.7 Å². The maximum Gasteiger partial charge on any atom is 0.294 e. The van der Waals surface area contributed by atoms with E-state index in [1.165, 1.54) is 6.07 Å². The number of carbonyl (C=O) groups excluding carboxylic acids is 1. The van der Waals surface area contributed by atoms with E-state index in [0.29, 0.717) is 43.4 Å². The van der Waals surface area contributed by atoms with Crippen LogP contribution in [0.4, 0.5) is 17.1 Å². The monoisotopic (exact) mass is 371 g/mol. The van der Waals surface area contributed by atoms with Crippen molar-refractivity contribution in [3.63, 3.8) is 0 Å². The zero-order valence-corrected chi connectivity index (χ0v) is 15.0. The molecule has 0 saturated carbocycles. The molecule has 1 N–H and O–H groups in total. The normalized spacial score (nSPS) is 13.9. The number of rotatable bonds is 6. The number of nitrogens with zero attached hydrogens (tertiary/aromatic N) is 2. The molecule has 0 aromatic heterocycles. The third-order valence-electron chi connectivity index (χ3n) is 4.20. The highest BCUT2D eigenvalue weighted by atomic mass is 16.6. The Bertz CT molecular complexity index is 817. The molecule has 0 unspecified atom stereocenters. The molecule has 0 atom stereocenters. The molecule has 3 rings (SSSR count). The average Bonchev–Trinajstić information content (AvgIpc) is 2.68. The first-order valence-electron chi connectivity index (χ1n) is 8.63. The lowest BCUT2D eigenvalue weighted by atomic mass is 10.2. The van der Waals surface area contributed by atoms with Crippen LogP contribution >= 0.6 is 0 Å². The Hall–Kier alpha value is -3.13. The number of hydrogen-bond acceptors (Lipinski definition) is 6. The van der Waals surface area contributed by atoms with E-state index in [2.05, 4.69) is 5.32 Å². The summed E-state index contributed by atoms with van der Waals surface area (Å²) < 4.78 is 10.7. The number of carbonyl (C=O) groups is 1. The van der Waals surface area contributed by atoms with Gasteiger partial charge in [0.1, 0.15) is 11.4 Å². The molecule has 27 heavy (non-hydrogen) atoms. The molecule has 8 heteroatoms. The minimum absolute atomic E-state index is 0.0471. The minimum atomic E-state index is -0.441. The lowest BCUT2D eigenvalue weighted by molar-refractivity contribution is -0.384. The van der Waals surface area contributed by atoms with Gasteiger partial charge in [0.25, 0.3) is 11.6 Å². The minimum Gasteiger partial charge on any atom is -0.484 e. The highest BCUT2D eigenvalue weighted by molar-refractivity contribution is 5.92. The predicted molar refractivity (Wildman–Crippen MR) is 101 cm³/mol. The SMILES string of the molecule is Cc1ccc(OCC(=O)Nc2ccc(N3CCOCC3)c([N+](=O)[O-])c2)cc1. The number of aryl methyl sites for hydroxylation is 1. The topological polar surface area (TPSA) is 93.9 Å².